The summed E-state index contributed by atoms with van der Waals surface area (Å²) in [5.74, 6) is -0.159. The SMILES string of the molecule is CCc1ccccc1NC(=O)CSC1=NS(=O)(=O)c2ccc(C)cc2N1. The van der Waals surface area contributed by atoms with Gasteiger partial charge in [-0.05, 0) is 42.7 Å². The largest absolute Gasteiger partial charge is 0.333 e. The normalized spacial score (nSPS) is 14.8. The summed E-state index contributed by atoms with van der Waals surface area (Å²) in [7, 11) is -3.75. The van der Waals surface area contributed by atoms with Gasteiger partial charge >= 0.3 is 0 Å². The number of benzene rings is 2. The molecule has 2 aromatic carbocycles. The van der Waals surface area contributed by atoms with Gasteiger partial charge in [0.05, 0.1) is 11.4 Å². The number of nitrogens with one attached hydrogen (secondary N) is 2. The topological polar surface area (TPSA) is 87.6 Å². The number of anilines is 2. The van der Waals surface area contributed by atoms with Crippen LogP contribution in [0.15, 0.2) is 51.8 Å². The number of thioether (sulfide) groups is 1. The Morgan fingerprint density at radius 1 is 1.23 bits per heavy atom. The monoisotopic (exact) mass is 389 g/mol. The van der Waals surface area contributed by atoms with Gasteiger partial charge in [-0.2, -0.15) is 8.42 Å². The third kappa shape index (κ3) is 4.08. The lowest BCUT2D eigenvalue weighted by atomic mass is 10.1. The Balaban J connectivity index is 1.68. The first-order chi connectivity index (χ1) is 12.4. The highest BCUT2D eigenvalue weighted by atomic mass is 32.2. The third-order valence-electron chi connectivity index (χ3n) is 3.87. The average Bonchev–Trinajstić information content (AvgIpc) is 2.59. The smallest absolute Gasteiger partial charge is 0.286 e. The molecule has 2 aromatic rings. The number of rotatable bonds is 4. The van der Waals surface area contributed by atoms with Gasteiger partial charge in [0.2, 0.25) is 5.91 Å². The number of hydrogen-bond acceptors (Lipinski definition) is 5. The predicted octanol–water partition coefficient (Wildman–Crippen LogP) is 3.40. The van der Waals surface area contributed by atoms with Gasteiger partial charge in [0.25, 0.3) is 10.0 Å². The molecule has 6 nitrogen and oxygen atoms in total. The predicted molar refractivity (Wildman–Crippen MR) is 106 cm³/mol. The second-order valence-electron chi connectivity index (χ2n) is 5.84. The zero-order valence-electron chi connectivity index (χ0n) is 14.4. The zero-order valence-corrected chi connectivity index (χ0v) is 16.1. The molecule has 0 atom stereocenters. The van der Waals surface area contributed by atoms with Crippen molar-refractivity contribution in [3.63, 3.8) is 0 Å². The Hall–Kier alpha value is -2.32. The maximum atomic E-state index is 12.3. The molecule has 0 unspecified atom stereocenters. The van der Waals surface area contributed by atoms with Crippen LogP contribution in [0, 0.1) is 6.92 Å². The number of amides is 1. The molecule has 0 saturated carbocycles. The zero-order chi connectivity index (χ0) is 18.7. The second-order valence-corrected chi connectivity index (χ2v) is 8.38. The molecular weight excluding hydrogens is 370 g/mol. The van der Waals surface area contributed by atoms with E-state index in [0.717, 1.165) is 35.0 Å². The summed E-state index contributed by atoms with van der Waals surface area (Å²) < 4.78 is 28.3. The highest BCUT2D eigenvalue weighted by Crippen LogP contribution is 2.30. The van der Waals surface area contributed by atoms with Crippen LogP contribution in [0.2, 0.25) is 0 Å². The fourth-order valence-electron chi connectivity index (χ4n) is 2.60. The third-order valence-corrected chi connectivity index (χ3v) is 6.19. The summed E-state index contributed by atoms with van der Waals surface area (Å²) in [4.78, 5) is 12.4. The number of carbonyl (C=O) groups excluding carboxylic acids is 1. The van der Waals surface area contributed by atoms with E-state index < -0.39 is 10.0 Å². The minimum atomic E-state index is -3.75. The van der Waals surface area contributed by atoms with Crippen molar-refractivity contribution in [1.82, 2.24) is 0 Å². The Bertz CT molecular complexity index is 985. The molecule has 26 heavy (non-hydrogen) atoms. The summed E-state index contributed by atoms with van der Waals surface area (Å²) in [5, 5.41) is 6.04. The highest BCUT2D eigenvalue weighted by molar-refractivity contribution is 8.15. The average molecular weight is 390 g/mol. The van der Waals surface area contributed by atoms with Crippen LogP contribution in [0.25, 0.3) is 0 Å². The molecule has 0 radical (unpaired) electrons. The quantitative estimate of drug-likeness (QED) is 0.837. The van der Waals surface area contributed by atoms with Gasteiger partial charge in [-0.15, -0.1) is 4.40 Å². The number of sulfonamides is 1. The van der Waals surface area contributed by atoms with E-state index in [1.807, 2.05) is 38.1 Å². The standard InChI is InChI=1S/C18H19N3O3S2/c1-3-13-6-4-5-7-14(13)19-17(22)11-25-18-20-15-10-12(2)8-9-16(15)26(23,24)21-18/h4-10H,3,11H2,1-2H3,(H,19,22)(H,20,21). The summed E-state index contributed by atoms with van der Waals surface area (Å²) in [6.07, 6.45) is 0.812. The first-order valence-corrected chi connectivity index (χ1v) is 10.5. The van der Waals surface area contributed by atoms with E-state index in [2.05, 4.69) is 15.0 Å². The van der Waals surface area contributed by atoms with Crippen molar-refractivity contribution in [2.45, 2.75) is 25.2 Å². The lowest BCUT2D eigenvalue weighted by Gasteiger charge is -2.18. The molecule has 0 bridgehead atoms. The molecule has 1 aliphatic rings. The number of aryl methyl sites for hydroxylation is 2. The van der Waals surface area contributed by atoms with E-state index in [4.69, 9.17) is 0 Å². The number of amidine groups is 1. The van der Waals surface area contributed by atoms with Crippen molar-refractivity contribution in [3.05, 3.63) is 53.6 Å². The molecule has 3 rings (SSSR count). The minimum Gasteiger partial charge on any atom is -0.333 e. The summed E-state index contributed by atoms with van der Waals surface area (Å²) in [5.41, 5.74) is 3.24. The molecule has 1 aliphatic heterocycles. The van der Waals surface area contributed by atoms with Crippen LogP contribution < -0.4 is 10.6 Å². The van der Waals surface area contributed by atoms with E-state index in [-0.39, 0.29) is 21.7 Å². The van der Waals surface area contributed by atoms with Crippen molar-refractivity contribution in [3.8, 4) is 0 Å². The van der Waals surface area contributed by atoms with Crippen LogP contribution in [0.3, 0.4) is 0 Å². The molecule has 1 amide bonds. The van der Waals surface area contributed by atoms with E-state index in [9.17, 15) is 13.2 Å². The van der Waals surface area contributed by atoms with Crippen LogP contribution in [-0.2, 0) is 21.2 Å². The first kappa shape index (κ1) is 18.5. The second kappa shape index (κ2) is 7.51. The van der Waals surface area contributed by atoms with Gasteiger partial charge in [0.1, 0.15) is 4.90 Å². The summed E-state index contributed by atoms with van der Waals surface area (Å²) >= 11 is 1.06. The number of fused-ring (bicyclic) bond motifs is 1. The van der Waals surface area contributed by atoms with Crippen molar-refractivity contribution >= 4 is 44.2 Å². The van der Waals surface area contributed by atoms with Gasteiger partial charge in [-0.1, -0.05) is 43.0 Å². The Morgan fingerprint density at radius 3 is 2.77 bits per heavy atom. The van der Waals surface area contributed by atoms with Crippen molar-refractivity contribution in [2.24, 2.45) is 4.40 Å². The first-order valence-electron chi connectivity index (χ1n) is 8.12. The minimum absolute atomic E-state index is 0.0561. The van der Waals surface area contributed by atoms with Crippen LogP contribution >= 0.6 is 11.8 Å². The highest BCUT2D eigenvalue weighted by Gasteiger charge is 2.25. The molecule has 0 aromatic heterocycles. The van der Waals surface area contributed by atoms with Gasteiger partial charge in [0.15, 0.2) is 5.17 Å². The van der Waals surface area contributed by atoms with Crippen molar-refractivity contribution in [2.75, 3.05) is 16.4 Å². The summed E-state index contributed by atoms with van der Waals surface area (Å²) in [6.45, 7) is 3.90. The van der Waals surface area contributed by atoms with Crippen molar-refractivity contribution < 1.29 is 13.2 Å². The van der Waals surface area contributed by atoms with E-state index in [0.29, 0.717) is 5.69 Å². The fourth-order valence-corrected chi connectivity index (χ4v) is 4.61. The van der Waals surface area contributed by atoms with E-state index in [1.54, 1.807) is 12.1 Å². The van der Waals surface area contributed by atoms with Gasteiger partial charge in [0, 0.05) is 5.69 Å². The molecule has 1 heterocycles. The molecule has 0 saturated heterocycles. The van der Waals surface area contributed by atoms with Crippen LogP contribution in [-0.4, -0.2) is 25.2 Å². The van der Waals surface area contributed by atoms with Gasteiger partial charge < -0.3 is 10.6 Å². The fraction of sp³-hybridized carbons (Fsp3) is 0.222. The molecular formula is C18H19N3O3S2. The van der Waals surface area contributed by atoms with E-state index >= 15 is 0 Å². The molecule has 0 fully saturated rings. The van der Waals surface area contributed by atoms with Gasteiger partial charge in [-0.3, -0.25) is 4.79 Å². The molecule has 0 spiro atoms. The number of para-hydroxylation sites is 1. The number of hydrogen-bond donors (Lipinski definition) is 2. The van der Waals surface area contributed by atoms with Crippen LogP contribution in [0.1, 0.15) is 18.1 Å². The van der Waals surface area contributed by atoms with Crippen LogP contribution in [0.4, 0.5) is 11.4 Å². The Morgan fingerprint density at radius 2 is 2.00 bits per heavy atom. The lowest BCUT2D eigenvalue weighted by Crippen LogP contribution is -2.22. The molecule has 8 heteroatoms. The van der Waals surface area contributed by atoms with Crippen molar-refractivity contribution in [1.29, 1.82) is 0 Å². The lowest BCUT2D eigenvalue weighted by molar-refractivity contribution is -0.113. The Kier molecular flexibility index (Phi) is 5.33. The summed E-state index contributed by atoms with van der Waals surface area (Å²) in [6, 6.07) is 12.6. The van der Waals surface area contributed by atoms with Gasteiger partial charge in [-0.25, -0.2) is 0 Å². The number of nitrogens with zero attached hydrogens (tertiary/aromatic N) is 1. The van der Waals surface area contributed by atoms with Crippen LogP contribution in [0.5, 0.6) is 0 Å². The maximum Gasteiger partial charge on any atom is 0.286 e. The maximum absolute atomic E-state index is 12.3. The Labute approximate surface area is 157 Å². The number of carbonyl (C=O) groups is 1. The molecule has 2 N–H and O–H groups in total. The van der Waals surface area contributed by atoms with E-state index in [1.165, 1.54) is 6.07 Å². The molecule has 0 aliphatic carbocycles. The molecule has 136 valence electrons.